The SMILES string of the molecule is Cc1cc(C)cc(-c2cccc3c2C=CC3)c1. The number of hydrogen-bond acceptors (Lipinski definition) is 0. The number of aryl methyl sites for hydroxylation is 2. The second kappa shape index (κ2) is 3.89. The van der Waals surface area contributed by atoms with E-state index >= 15 is 0 Å². The Morgan fingerprint density at radius 3 is 2.47 bits per heavy atom. The predicted molar refractivity (Wildman–Crippen MR) is 74.1 cm³/mol. The zero-order valence-corrected chi connectivity index (χ0v) is 10.3. The van der Waals surface area contributed by atoms with Gasteiger partial charge in [0.1, 0.15) is 0 Å². The van der Waals surface area contributed by atoms with E-state index in [4.69, 9.17) is 0 Å². The molecule has 0 spiro atoms. The number of benzene rings is 2. The highest BCUT2D eigenvalue weighted by Crippen LogP contribution is 2.32. The lowest BCUT2D eigenvalue weighted by molar-refractivity contribution is 1.31. The van der Waals surface area contributed by atoms with Crippen molar-refractivity contribution in [3.63, 3.8) is 0 Å². The van der Waals surface area contributed by atoms with E-state index in [0.29, 0.717) is 0 Å². The first-order valence-electron chi connectivity index (χ1n) is 6.11. The maximum absolute atomic E-state index is 2.27. The van der Waals surface area contributed by atoms with Crippen molar-refractivity contribution >= 4 is 6.08 Å². The number of allylic oxidation sites excluding steroid dienone is 1. The fourth-order valence-electron chi connectivity index (χ4n) is 2.67. The van der Waals surface area contributed by atoms with Crippen LogP contribution in [0.5, 0.6) is 0 Å². The summed E-state index contributed by atoms with van der Waals surface area (Å²) in [5.41, 5.74) is 8.22. The minimum atomic E-state index is 1.08. The molecule has 0 bridgehead atoms. The lowest BCUT2D eigenvalue weighted by atomic mass is 9.95. The Morgan fingerprint density at radius 2 is 1.71 bits per heavy atom. The van der Waals surface area contributed by atoms with Crippen molar-refractivity contribution < 1.29 is 0 Å². The molecule has 0 saturated carbocycles. The summed E-state index contributed by atoms with van der Waals surface area (Å²) >= 11 is 0. The van der Waals surface area contributed by atoms with Gasteiger partial charge >= 0.3 is 0 Å². The van der Waals surface area contributed by atoms with Crippen LogP contribution in [0.15, 0.2) is 42.5 Å². The van der Waals surface area contributed by atoms with Gasteiger partial charge in [0.05, 0.1) is 0 Å². The van der Waals surface area contributed by atoms with Crippen molar-refractivity contribution in [3.8, 4) is 11.1 Å². The highest BCUT2D eigenvalue weighted by molar-refractivity contribution is 5.79. The third-order valence-corrected chi connectivity index (χ3v) is 3.35. The number of rotatable bonds is 1. The van der Waals surface area contributed by atoms with Crippen LogP contribution in [0.25, 0.3) is 17.2 Å². The zero-order valence-electron chi connectivity index (χ0n) is 10.3. The molecule has 84 valence electrons. The van der Waals surface area contributed by atoms with E-state index in [1.165, 1.54) is 33.4 Å². The molecule has 1 aliphatic rings. The van der Waals surface area contributed by atoms with Crippen LogP contribution in [0.2, 0.25) is 0 Å². The maximum atomic E-state index is 2.27. The van der Waals surface area contributed by atoms with Gasteiger partial charge in [-0.2, -0.15) is 0 Å². The van der Waals surface area contributed by atoms with E-state index in [0.717, 1.165) is 6.42 Å². The summed E-state index contributed by atoms with van der Waals surface area (Å²) in [6, 6.07) is 13.4. The van der Waals surface area contributed by atoms with E-state index in [-0.39, 0.29) is 0 Å². The average Bonchev–Trinajstić information content (AvgIpc) is 2.75. The average molecular weight is 220 g/mol. The first-order valence-corrected chi connectivity index (χ1v) is 6.11. The van der Waals surface area contributed by atoms with Crippen LogP contribution in [0, 0.1) is 13.8 Å². The maximum Gasteiger partial charge on any atom is -0.00879 e. The predicted octanol–water partition coefficient (Wildman–Crippen LogP) is 4.54. The van der Waals surface area contributed by atoms with Crippen LogP contribution in [0.3, 0.4) is 0 Å². The van der Waals surface area contributed by atoms with Crippen LogP contribution in [-0.2, 0) is 6.42 Å². The quantitative estimate of drug-likeness (QED) is 0.662. The van der Waals surface area contributed by atoms with Crippen molar-refractivity contribution in [2.24, 2.45) is 0 Å². The Hall–Kier alpha value is -1.82. The van der Waals surface area contributed by atoms with Crippen molar-refractivity contribution in [2.45, 2.75) is 20.3 Å². The molecule has 0 N–H and O–H groups in total. The molecule has 0 fully saturated rings. The molecule has 17 heavy (non-hydrogen) atoms. The van der Waals surface area contributed by atoms with Crippen LogP contribution in [-0.4, -0.2) is 0 Å². The molecular formula is C17H16. The molecule has 0 amide bonds. The molecule has 0 heterocycles. The Kier molecular flexibility index (Phi) is 2.36. The fraction of sp³-hybridized carbons (Fsp3) is 0.176. The van der Waals surface area contributed by atoms with Crippen molar-refractivity contribution in [2.75, 3.05) is 0 Å². The Morgan fingerprint density at radius 1 is 0.941 bits per heavy atom. The highest BCUT2D eigenvalue weighted by atomic mass is 14.1. The van der Waals surface area contributed by atoms with Gasteiger partial charge in [0.2, 0.25) is 0 Å². The smallest absolute Gasteiger partial charge is 0.00879 e. The lowest BCUT2D eigenvalue weighted by Gasteiger charge is -2.10. The number of fused-ring (bicyclic) bond motifs is 1. The summed E-state index contributed by atoms with van der Waals surface area (Å²) in [4.78, 5) is 0. The number of hydrogen-bond donors (Lipinski definition) is 0. The summed E-state index contributed by atoms with van der Waals surface area (Å²) in [5.74, 6) is 0. The molecule has 0 unspecified atom stereocenters. The molecule has 3 rings (SSSR count). The van der Waals surface area contributed by atoms with Crippen LogP contribution in [0.1, 0.15) is 22.3 Å². The van der Waals surface area contributed by atoms with Crippen LogP contribution < -0.4 is 0 Å². The zero-order chi connectivity index (χ0) is 11.8. The third-order valence-electron chi connectivity index (χ3n) is 3.35. The molecule has 0 radical (unpaired) electrons. The van der Waals surface area contributed by atoms with E-state index in [1.807, 2.05) is 0 Å². The first-order chi connectivity index (χ1) is 8.24. The summed E-state index contributed by atoms with van der Waals surface area (Å²) in [5, 5.41) is 0. The third kappa shape index (κ3) is 1.80. The van der Waals surface area contributed by atoms with E-state index in [1.54, 1.807) is 0 Å². The monoisotopic (exact) mass is 220 g/mol. The second-order valence-corrected chi connectivity index (χ2v) is 4.86. The topological polar surface area (TPSA) is 0 Å². The van der Waals surface area contributed by atoms with Crippen LogP contribution >= 0.6 is 0 Å². The van der Waals surface area contributed by atoms with E-state index in [9.17, 15) is 0 Å². The Bertz CT molecular complexity index is 583. The summed E-state index contributed by atoms with van der Waals surface area (Å²) in [6.07, 6.45) is 5.58. The molecule has 0 aromatic heterocycles. The summed E-state index contributed by atoms with van der Waals surface area (Å²) < 4.78 is 0. The fourth-order valence-corrected chi connectivity index (χ4v) is 2.67. The summed E-state index contributed by atoms with van der Waals surface area (Å²) in [6.45, 7) is 4.32. The summed E-state index contributed by atoms with van der Waals surface area (Å²) in [7, 11) is 0. The molecule has 0 aliphatic heterocycles. The van der Waals surface area contributed by atoms with Crippen LogP contribution in [0.4, 0.5) is 0 Å². The Balaban J connectivity index is 2.22. The lowest BCUT2D eigenvalue weighted by Crippen LogP contribution is -1.88. The van der Waals surface area contributed by atoms with Gasteiger partial charge in [-0.15, -0.1) is 0 Å². The first kappa shape index (κ1) is 10.3. The van der Waals surface area contributed by atoms with Crippen molar-refractivity contribution in [1.82, 2.24) is 0 Å². The normalized spacial score (nSPS) is 12.8. The van der Waals surface area contributed by atoms with Gasteiger partial charge in [-0.05, 0) is 42.5 Å². The van der Waals surface area contributed by atoms with Gasteiger partial charge in [-0.1, -0.05) is 59.7 Å². The standard InChI is InChI=1S/C17H16/c1-12-9-13(2)11-15(10-12)17-8-4-6-14-5-3-7-16(14)17/h3-4,6-11H,5H2,1-2H3. The van der Waals surface area contributed by atoms with Crippen molar-refractivity contribution in [3.05, 3.63) is 64.7 Å². The minimum Gasteiger partial charge on any atom is -0.0795 e. The molecule has 0 saturated heterocycles. The van der Waals surface area contributed by atoms with Gasteiger partial charge in [-0.25, -0.2) is 0 Å². The molecular weight excluding hydrogens is 204 g/mol. The minimum absolute atomic E-state index is 1.08. The second-order valence-electron chi connectivity index (χ2n) is 4.86. The molecule has 2 aromatic rings. The molecule has 2 aromatic carbocycles. The van der Waals surface area contributed by atoms with E-state index < -0.39 is 0 Å². The molecule has 1 aliphatic carbocycles. The van der Waals surface area contributed by atoms with Crippen molar-refractivity contribution in [1.29, 1.82) is 0 Å². The van der Waals surface area contributed by atoms with Gasteiger partial charge in [0.15, 0.2) is 0 Å². The largest absolute Gasteiger partial charge is 0.0795 e. The van der Waals surface area contributed by atoms with E-state index in [2.05, 4.69) is 62.4 Å². The van der Waals surface area contributed by atoms with Gasteiger partial charge in [0, 0.05) is 0 Å². The van der Waals surface area contributed by atoms with Gasteiger partial charge < -0.3 is 0 Å². The van der Waals surface area contributed by atoms with Gasteiger partial charge in [-0.3, -0.25) is 0 Å². The highest BCUT2D eigenvalue weighted by Gasteiger charge is 2.11. The van der Waals surface area contributed by atoms with Gasteiger partial charge in [0.25, 0.3) is 0 Å². The molecule has 0 nitrogen and oxygen atoms in total. The molecule has 0 heteroatoms. The Labute approximate surface area is 103 Å². The molecule has 0 atom stereocenters.